The molecule has 0 fully saturated rings. The van der Waals surface area contributed by atoms with Crippen LogP contribution in [0.3, 0.4) is 0 Å². The summed E-state index contributed by atoms with van der Waals surface area (Å²) < 4.78 is 16.6. The number of nitrogens with zero attached hydrogens (tertiary/aromatic N) is 3. The van der Waals surface area contributed by atoms with Gasteiger partial charge in [0.05, 0.1) is 25.8 Å². The average Bonchev–Trinajstić information content (AvgIpc) is 3.31. The fourth-order valence-corrected chi connectivity index (χ4v) is 4.26. The van der Waals surface area contributed by atoms with Crippen LogP contribution in [0.2, 0.25) is 0 Å². The van der Waals surface area contributed by atoms with Crippen molar-refractivity contribution in [3.05, 3.63) is 65.7 Å². The van der Waals surface area contributed by atoms with E-state index >= 15 is 0 Å². The van der Waals surface area contributed by atoms with Gasteiger partial charge in [-0.05, 0) is 54.9 Å². The number of methoxy groups -OCH3 is 2. The highest BCUT2D eigenvalue weighted by Crippen LogP contribution is 2.38. The lowest BCUT2D eigenvalue weighted by Crippen LogP contribution is -2.47. The zero-order chi connectivity index (χ0) is 23.5. The van der Waals surface area contributed by atoms with Gasteiger partial charge in [-0.25, -0.2) is 0 Å². The number of hydrogen-bond donors (Lipinski definition) is 1. The van der Waals surface area contributed by atoms with Crippen LogP contribution >= 0.6 is 12.2 Å². The largest absolute Gasteiger partial charge is 0.497 e. The van der Waals surface area contributed by atoms with Crippen molar-refractivity contribution in [1.29, 1.82) is 0 Å². The van der Waals surface area contributed by atoms with Crippen LogP contribution < -0.4 is 14.8 Å². The molecular formula is C25H28N4O3S. The highest BCUT2D eigenvalue weighted by atomic mass is 32.1. The van der Waals surface area contributed by atoms with E-state index in [2.05, 4.69) is 29.2 Å². The number of rotatable bonds is 7. The van der Waals surface area contributed by atoms with Gasteiger partial charge in [-0.1, -0.05) is 43.3 Å². The lowest BCUT2D eigenvalue weighted by Gasteiger charge is -2.38. The number of aromatic nitrogens is 2. The molecule has 0 radical (unpaired) electrons. The third kappa shape index (κ3) is 4.71. The molecule has 2 aromatic carbocycles. The number of allylic oxidation sites excluding steroid dienone is 1. The second-order valence-corrected chi connectivity index (χ2v) is 8.70. The van der Waals surface area contributed by atoms with E-state index in [-0.39, 0.29) is 6.04 Å². The minimum absolute atomic E-state index is 0.255. The van der Waals surface area contributed by atoms with E-state index in [9.17, 15) is 0 Å². The third-order valence-corrected chi connectivity index (χ3v) is 5.89. The highest BCUT2D eigenvalue weighted by molar-refractivity contribution is 7.80. The Morgan fingerprint density at radius 2 is 1.79 bits per heavy atom. The van der Waals surface area contributed by atoms with E-state index < -0.39 is 0 Å². The Labute approximate surface area is 199 Å². The molecule has 1 N–H and O–H groups in total. The predicted octanol–water partition coefficient (Wildman–Crippen LogP) is 5.07. The Hall–Kier alpha value is -3.39. The Morgan fingerprint density at radius 1 is 1.09 bits per heavy atom. The lowest BCUT2D eigenvalue weighted by atomic mass is 9.94. The quantitative estimate of drug-likeness (QED) is 0.486. The standard InChI is InChI=1S/C25H28N4O3S/c1-15(2)14-29-16(3)21(22(26-25(29)33)17-8-6-10-19(12-17)30-4)24-27-23(28-32-24)18-9-7-11-20(13-18)31-5/h6-13,15,22H,14H2,1-5H3,(H,26,33). The van der Waals surface area contributed by atoms with E-state index in [0.717, 1.165) is 40.4 Å². The van der Waals surface area contributed by atoms with Gasteiger partial charge in [-0.2, -0.15) is 4.98 Å². The molecule has 1 unspecified atom stereocenters. The first-order valence-electron chi connectivity index (χ1n) is 10.8. The van der Waals surface area contributed by atoms with E-state index in [1.807, 2.05) is 55.5 Å². The summed E-state index contributed by atoms with van der Waals surface area (Å²) in [6, 6.07) is 15.2. The number of hydrogen-bond acceptors (Lipinski definition) is 6. The average molecular weight is 465 g/mol. The van der Waals surface area contributed by atoms with Crippen LogP contribution in [-0.2, 0) is 0 Å². The van der Waals surface area contributed by atoms with Crippen LogP contribution in [-0.4, -0.2) is 40.9 Å². The minimum atomic E-state index is -0.255. The van der Waals surface area contributed by atoms with E-state index in [0.29, 0.717) is 22.7 Å². The van der Waals surface area contributed by atoms with Crippen molar-refractivity contribution in [3.8, 4) is 22.9 Å². The molecule has 1 aliphatic heterocycles. The smallest absolute Gasteiger partial charge is 0.258 e. The topological polar surface area (TPSA) is 72.7 Å². The molecule has 1 aliphatic rings. The molecule has 0 amide bonds. The molecule has 0 spiro atoms. The normalized spacial score (nSPS) is 16.2. The fourth-order valence-electron chi connectivity index (χ4n) is 3.93. The number of ether oxygens (including phenoxy) is 2. The monoisotopic (exact) mass is 464 g/mol. The minimum Gasteiger partial charge on any atom is -0.497 e. The van der Waals surface area contributed by atoms with Gasteiger partial charge in [0.2, 0.25) is 5.82 Å². The molecule has 4 rings (SSSR count). The summed E-state index contributed by atoms with van der Waals surface area (Å²) in [6.45, 7) is 7.16. The van der Waals surface area contributed by atoms with Gasteiger partial charge in [0.1, 0.15) is 11.5 Å². The Bertz CT molecular complexity index is 1190. The van der Waals surface area contributed by atoms with Crippen LogP contribution in [0.15, 0.2) is 58.8 Å². The predicted molar refractivity (Wildman–Crippen MR) is 132 cm³/mol. The van der Waals surface area contributed by atoms with Crippen molar-refractivity contribution in [1.82, 2.24) is 20.4 Å². The van der Waals surface area contributed by atoms with Crippen LogP contribution in [0, 0.1) is 5.92 Å². The van der Waals surface area contributed by atoms with Gasteiger partial charge in [0.25, 0.3) is 5.89 Å². The van der Waals surface area contributed by atoms with Crippen LogP contribution in [0.4, 0.5) is 0 Å². The maximum atomic E-state index is 5.80. The Balaban J connectivity index is 1.82. The fraction of sp³-hybridized carbons (Fsp3) is 0.320. The van der Waals surface area contributed by atoms with Crippen molar-refractivity contribution >= 4 is 22.9 Å². The van der Waals surface area contributed by atoms with Crippen LogP contribution in [0.25, 0.3) is 17.0 Å². The summed E-state index contributed by atoms with van der Waals surface area (Å²) in [6.07, 6.45) is 0. The molecule has 0 aliphatic carbocycles. The first-order chi connectivity index (χ1) is 15.9. The van der Waals surface area contributed by atoms with Gasteiger partial charge < -0.3 is 24.2 Å². The molecule has 2 heterocycles. The van der Waals surface area contributed by atoms with Gasteiger partial charge in [0.15, 0.2) is 5.11 Å². The van der Waals surface area contributed by atoms with E-state index in [1.54, 1.807) is 14.2 Å². The summed E-state index contributed by atoms with van der Waals surface area (Å²) in [5.41, 5.74) is 3.69. The van der Waals surface area contributed by atoms with Crippen molar-refractivity contribution in [3.63, 3.8) is 0 Å². The zero-order valence-corrected chi connectivity index (χ0v) is 20.3. The van der Waals surface area contributed by atoms with Crippen molar-refractivity contribution < 1.29 is 14.0 Å². The van der Waals surface area contributed by atoms with Gasteiger partial charge in [-0.3, -0.25) is 0 Å². The van der Waals surface area contributed by atoms with Gasteiger partial charge in [-0.15, -0.1) is 0 Å². The van der Waals surface area contributed by atoms with Crippen molar-refractivity contribution in [2.45, 2.75) is 26.8 Å². The first kappa shape index (κ1) is 22.8. The number of benzene rings is 2. The molecule has 172 valence electrons. The molecule has 0 bridgehead atoms. The molecule has 0 saturated carbocycles. The Kier molecular flexibility index (Phi) is 6.65. The molecule has 3 aromatic rings. The summed E-state index contributed by atoms with van der Waals surface area (Å²) in [5, 5.41) is 8.41. The molecule has 1 aromatic heterocycles. The second kappa shape index (κ2) is 9.62. The SMILES string of the molecule is COc1cccc(-c2noc(C3=C(C)N(CC(C)C)C(=S)NC3c3cccc(OC)c3)n2)c1. The molecule has 33 heavy (non-hydrogen) atoms. The van der Waals surface area contributed by atoms with Gasteiger partial charge >= 0.3 is 0 Å². The van der Waals surface area contributed by atoms with Crippen LogP contribution in [0.5, 0.6) is 11.5 Å². The third-order valence-electron chi connectivity index (χ3n) is 5.56. The van der Waals surface area contributed by atoms with Crippen molar-refractivity contribution in [2.24, 2.45) is 5.92 Å². The molecule has 8 heteroatoms. The summed E-state index contributed by atoms with van der Waals surface area (Å²) in [5.74, 6) is 2.86. The molecule has 1 atom stereocenters. The Morgan fingerprint density at radius 3 is 2.48 bits per heavy atom. The summed E-state index contributed by atoms with van der Waals surface area (Å²) >= 11 is 5.74. The molecule has 7 nitrogen and oxygen atoms in total. The number of nitrogens with one attached hydrogen (secondary N) is 1. The van der Waals surface area contributed by atoms with Gasteiger partial charge in [0, 0.05) is 17.8 Å². The van der Waals surface area contributed by atoms with Crippen LogP contribution in [0.1, 0.15) is 38.3 Å². The maximum absolute atomic E-state index is 5.80. The summed E-state index contributed by atoms with van der Waals surface area (Å²) in [4.78, 5) is 6.85. The van der Waals surface area contributed by atoms with E-state index in [1.165, 1.54) is 0 Å². The molecule has 0 saturated heterocycles. The maximum Gasteiger partial charge on any atom is 0.258 e. The highest BCUT2D eigenvalue weighted by Gasteiger charge is 2.34. The second-order valence-electron chi connectivity index (χ2n) is 8.32. The first-order valence-corrected chi connectivity index (χ1v) is 11.2. The van der Waals surface area contributed by atoms with Crippen molar-refractivity contribution in [2.75, 3.05) is 20.8 Å². The zero-order valence-electron chi connectivity index (χ0n) is 19.5. The number of thiocarbonyl (C=S) groups is 1. The lowest BCUT2D eigenvalue weighted by molar-refractivity contribution is 0.385. The summed E-state index contributed by atoms with van der Waals surface area (Å²) in [7, 11) is 3.29. The molecular weight excluding hydrogens is 436 g/mol. The van der Waals surface area contributed by atoms with E-state index in [4.69, 9.17) is 31.2 Å².